The third-order valence-electron chi connectivity index (χ3n) is 1.94. The maximum absolute atomic E-state index is 9.58. The number of aromatic hydroxyl groups is 1. The Morgan fingerprint density at radius 1 is 1.54 bits per heavy atom. The van der Waals surface area contributed by atoms with Crippen molar-refractivity contribution >= 4 is 11.6 Å². The lowest BCUT2D eigenvalue weighted by Gasteiger charge is -2.08. The van der Waals surface area contributed by atoms with Crippen molar-refractivity contribution in [3.05, 3.63) is 28.3 Å². The van der Waals surface area contributed by atoms with Crippen molar-refractivity contribution in [2.24, 2.45) is 5.90 Å². The number of benzene rings is 1. The van der Waals surface area contributed by atoms with Crippen molar-refractivity contribution in [2.45, 2.75) is 13.3 Å². The summed E-state index contributed by atoms with van der Waals surface area (Å²) in [5.74, 6) is 5.02. The van der Waals surface area contributed by atoms with Crippen LogP contribution < -0.4 is 5.90 Å². The topological polar surface area (TPSA) is 55.5 Å². The first-order valence-corrected chi connectivity index (χ1v) is 4.33. The van der Waals surface area contributed by atoms with Gasteiger partial charge in [0.1, 0.15) is 5.75 Å². The molecule has 3 N–H and O–H groups in total. The van der Waals surface area contributed by atoms with Crippen molar-refractivity contribution in [3.8, 4) is 5.75 Å². The van der Waals surface area contributed by atoms with Gasteiger partial charge in [-0.3, -0.25) is 0 Å². The van der Waals surface area contributed by atoms with E-state index in [9.17, 15) is 5.11 Å². The summed E-state index contributed by atoms with van der Waals surface area (Å²) in [6.07, 6.45) is 0.564. The molecule has 0 aliphatic heterocycles. The zero-order chi connectivity index (χ0) is 9.84. The predicted molar refractivity (Wildman–Crippen MR) is 51.7 cm³/mol. The van der Waals surface area contributed by atoms with Gasteiger partial charge in [0, 0.05) is 12.0 Å². The van der Waals surface area contributed by atoms with Crippen molar-refractivity contribution < 1.29 is 9.94 Å². The van der Waals surface area contributed by atoms with Crippen LogP contribution in [0.5, 0.6) is 5.75 Å². The van der Waals surface area contributed by atoms with Gasteiger partial charge in [-0.15, -0.1) is 0 Å². The molecule has 0 saturated carbocycles. The van der Waals surface area contributed by atoms with Gasteiger partial charge < -0.3 is 9.94 Å². The second kappa shape index (κ2) is 4.46. The predicted octanol–water partition coefficient (Wildman–Crippen LogP) is 1.79. The Labute approximate surface area is 82.0 Å². The van der Waals surface area contributed by atoms with Gasteiger partial charge in [0.2, 0.25) is 0 Å². The molecule has 0 bridgehead atoms. The van der Waals surface area contributed by atoms with Gasteiger partial charge >= 0.3 is 0 Å². The normalized spacial score (nSPS) is 10.4. The second-order valence-electron chi connectivity index (χ2n) is 2.81. The highest BCUT2D eigenvalue weighted by atomic mass is 35.5. The average Bonchev–Trinajstić information content (AvgIpc) is 2.12. The summed E-state index contributed by atoms with van der Waals surface area (Å²) in [4.78, 5) is 4.44. The number of phenols is 1. The van der Waals surface area contributed by atoms with Crippen molar-refractivity contribution in [1.29, 1.82) is 0 Å². The number of nitrogens with two attached hydrogens (primary N) is 1. The van der Waals surface area contributed by atoms with Gasteiger partial charge in [-0.05, 0) is 18.6 Å². The van der Waals surface area contributed by atoms with E-state index >= 15 is 0 Å². The smallest absolute Gasteiger partial charge is 0.137 e. The molecule has 1 rings (SSSR count). The quantitative estimate of drug-likeness (QED) is 0.734. The number of phenolic OH excluding ortho intramolecular Hbond substituents is 1. The fourth-order valence-electron chi connectivity index (χ4n) is 1.19. The van der Waals surface area contributed by atoms with E-state index in [2.05, 4.69) is 4.84 Å². The van der Waals surface area contributed by atoms with Crippen LogP contribution in [0.3, 0.4) is 0 Å². The minimum atomic E-state index is 0.124. The molecule has 0 aliphatic carbocycles. The van der Waals surface area contributed by atoms with Crippen LogP contribution in [-0.2, 0) is 11.3 Å². The molecule has 0 unspecified atom stereocenters. The highest BCUT2D eigenvalue weighted by Gasteiger charge is 2.08. The van der Waals surface area contributed by atoms with Crippen molar-refractivity contribution in [1.82, 2.24) is 0 Å². The molecule has 1 aromatic carbocycles. The number of hydrogen-bond donors (Lipinski definition) is 2. The maximum atomic E-state index is 9.58. The molecule has 0 amide bonds. The summed E-state index contributed by atoms with van der Waals surface area (Å²) >= 11 is 5.74. The summed E-state index contributed by atoms with van der Waals surface area (Å²) in [7, 11) is 0. The van der Waals surface area contributed by atoms with E-state index in [1.807, 2.05) is 13.0 Å². The minimum absolute atomic E-state index is 0.124. The molecule has 0 atom stereocenters. The number of rotatable bonds is 3. The standard InChI is InChI=1S/C9H12ClNO2/c1-6-2-3-8(10)9(12)7(6)4-5-13-11/h2-3,12H,4-5,11H2,1H3. The van der Waals surface area contributed by atoms with Crippen molar-refractivity contribution in [3.63, 3.8) is 0 Å². The van der Waals surface area contributed by atoms with E-state index in [-0.39, 0.29) is 5.75 Å². The highest BCUT2D eigenvalue weighted by molar-refractivity contribution is 6.32. The Bertz CT molecular complexity index is 302. The third kappa shape index (κ3) is 2.34. The molecule has 0 saturated heterocycles. The van der Waals surface area contributed by atoms with E-state index in [0.29, 0.717) is 18.1 Å². The SMILES string of the molecule is Cc1ccc(Cl)c(O)c1CCON. The van der Waals surface area contributed by atoms with Gasteiger partial charge in [0.25, 0.3) is 0 Å². The highest BCUT2D eigenvalue weighted by Crippen LogP contribution is 2.29. The largest absolute Gasteiger partial charge is 0.506 e. The molecule has 3 nitrogen and oxygen atoms in total. The molecule has 13 heavy (non-hydrogen) atoms. The van der Waals surface area contributed by atoms with Crippen LogP contribution in [0.4, 0.5) is 0 Å². The Morgan fingerprint density at radius 3 is 2.85 bits per heavy atom. The summed E-state index contributed by atoms with van der Waals surface area (Å²) in [6, 6.07) is 3.52. The molecule has 0 spiro atoms. The first-order valence-electron chi connectivity index (χ1n) is 3.95. The van der Waals surface area contributed by atoms with Crippen LogP contribution in [0.25, 0.3) is 0 Å². The fraction of sp³-hybridized carbons (Fsp3) is 0.333. The zero-order valence-electron chi connectivity index (χ0n) is 7.38. The Balaban J connectivity index is 2.96. The minimum Gasteiger partial charge on any atom is -0.506 e. The van der Waals surface area contributed by atoms with Crippen LogP contribution >= 0.6 is 11.6 Å². The van der Waals surface area contributed by atoms with Crippen LogP contribution in [-0.4, -0.2) is 11.7 Å². The lowest BCUT2D eigenvalue weighted by molar-refractivity contribution is 0.140. The fourth-order valence-corrected chi connectivity index (χ4v) is 1.36. The molecule has 1 aromatic rings. The molecular weight excluding hydrogens is 190 g/mol. The molecule has 0 aliphatic rings. The number of hydrogen-bond acceptors (Lipinski definition) is 3. The van der Waals surface area contributed by atoms with E-state index < -0.39 is 0 Å². The molecule has 72 valence electrons. The van der Waals surface area contributed by atoms with Crippen LogP contribution in [0.1, 0.15) is 11.1 Å². The van der Waals surface area contributed by atoms with Gasteiger partial charge in [-0.2, -0.15) is 0 Å². The monoisotopic (exact) mass is 201 g/mol. The summed E-state index contributed by atoms with van der Waals surface area (Å²) in [5, 5.41) is 9.94. The van der Waals surface area contributed by atoms with Gasteiger partial charge in [0.15, 0.2) is 0 Å². The molecule has 0 fully saturated rings. The molecular formula is C9H12ClNO2. The maximum Gasteiger partial charge on any atom is 0.137 e. The van der Waals surface area contributed by atoms with Gasteiger partial charge in [-0.1, -0.05) is 17.7 Å². The zero-order valence-corrected chi connectivity index (χ0v) is 8.14. The van der Waals surface area contributed by atoms with Gasteiger partial charge in [0.05, 0.1) is 11.6 Å². The number of halogens is 1. The summed E-state index contributed by atoms with van der Waals surface area (Å²) in [6.45, 7) is 2.27. The van der Waals surface area contributed by atoms with E-state index in [1.165, 1.54) is 0 Å². The number of aryl methyl sites for hydroxylation is 1. The average molecular weight is 202 g/mol. The lowest BCUT2D eigenvalue weighted by Crippen LogP contribution is -2.05. The molecule has 4 heteroatoms. The third-order valence-corrected chi connectivity index (χ3v) is 2.24. The van der Waals surface area contributed by atoms with E-state index in [0.717, 1.165) is 11.1 Å². The van der Waals surface area contributed by atoms with E-state index in [1.54, 1.807) is 6.07 Å². The summed E-state index contributed by atoms with van der Waals surface area (Å²) in [5.41, 5.74) is 1.77. The molecule has 0 radical (unpaired) electrons. The van der Waals surface area contributed by atoms with Crippen LogP contribution in [0.2, 0.25) is 5.02 Å². The second-order valence-corrected chi connectivity index (χ2v) is 3.22. The van der Waals surface area contributed by atoms with Crippen LogP contribution in [0.15, 0.2) is 12.1 Å². The Kier molecular flexibility index (Phi) is 3.54. The van der Waals surface area contributed by atoms with Gasteiger partial charge in [-0.25, -0.2) is 5.90 Å². The molecule has 0 heterocycles. The first-order chi connectivity index (χ1) is 6.16. The van der Waals surface area contributed by atoms with Crippen LogP contribution in [0, 0.1) is 6.92 Å². The lowest BCUT2D eigenvalue weighted by atomic mass is 10.1. The first kappa shape index (κ1) is 10.3. The molecule has 0 aromatic heterocycles. The Morgan fingerprint density at radius 2 is 2.23 bits per heavy atom. The van der Waals surface area contributed by atoms with Crippen molar-refractivity contribution in [2.75, 3.05) is 6.61 Å². The Hall–Kier alpha value is -0.770. The summed E-state index contributed by atoms with van der Waals surface area (Å²) < 4.78 is 0. The van der Waals surface area contributed by atoms with E-state index in [4.69, 9.17) is 17.5 Å².